The number of fused-ring (bicyclic) bond motifs is 1. The highest BCUT2D eigenvalue weighted by molar-refractivity contribution is 7.71. The summed E-state index contributed by atoms with van der Waals surface area (Å²) in [5.74, 6) is 0.508. The Morgan fingerprint density at radius 1 is 1.27 bits per heavy atom. The number of ether oxygens (including phenoxy) is 2. The number of H-pyrrole nitrogens is 1. The molecule has 7 nitrogen and oxygen atoms in total. The van der Waals surface area contributed by atoms with Crippen molar-refractivity contribution in [3.63, 3.8) is 0 Å². The normalized spacial score (nSPS) is 11.0. The van der Waals surface area contributed by atoms with Gasteiger partial charge in [0.2, 0.25) is 0 Å². The van der Waals surface area contributed by atoms with E-state index in [9.17, 15) is 4.79 Å². The number of carbonyl (C=O) groups is 1. The van der Waals surface area contributed by atoms with Gasteiger partial charge in [-0.15, -0.1) is 5.10 Å². The Morgan fingerprint density at radius 2 is 2.03 bits per heavy atom. The van der Waals surface area contributed by atoms with Gasteiger partial charge in [0.25, 0.3) is 10.7 Å². The van der Waals surface area contributed by atoms with Crippen molar-refractivity contribution < 1.29 is 18.7 Å². The molecule has 0 saturated carbocycles. The number of aromatic amines is 1. The van der Waals surface area contributed by atoms with Crippen LogP contribution < -0.4 is 4.74 Å². The molecule has 0 saturated heterocycles. The van der Waals surface area contributed by atoms with Crippen molar-refractivity contribution in [1.29, 1.82) is 0 Å². The van der Waals surface area contributed by atoms with Gasteiger partial charge in [-0.1, -0.05) is 11.6 Å². The molecule has 2 aromatic carbocycles. The monoisotopic (exact) mass is 443 g/mol. The summed E-state index contributed by atoms with van der Waals surface area (Å²) in [5, 5.41) is 7.83. The molecule has 0 radical (unpaired) electrons. The largest absolute Gasteiger partial charge is 0.484 e. The predicted molar refractivity (Wildman–Crippen MR) is 115 cm³/mol. The van der Waals surface area contributed by atoms with Gasteiger partial charge in [0.05, 0.1) is 17.7 Å². The van der Waals surface area contributed by atoms with Crippen molar-refractivity contribution in [2.24, 2.45) is 0 Å². The highest BCUT2D eigenvalue weighted by Gasteiger charge is 2.22. The number of nitrogens with one attached hydrogen (secondary N) is 1. The van der Waals surface area contributed by atoms with E-state index in [2.05, 4.69) is 10.2 Å². The fourth-order valence-electron chi connectivity index (χ4n) is 3.34. The quantitative estimate of drug-likeness (QED) is 0.317. The lowest BCUT2D eigenvalue weighted by atomic mass is 10.1. The molecule has 4 rings (SSSR count). The molecule has 9 heteroatoms. The summed E-state index contributed by atoms with van der Waals surface area (Å²) >= 11 is 10.9. The van der Waals surface area contributed by atoms with Crippen molar-refractivity contribution in [1.82, 2.24) is 14.8 Å². The number of hydrogen-bond acceptors (Lipinski definition) is 6. The molecule has 0 aliphatic carbocycles. The van der Waals surface area contributed by atoms with Gasteiger partial charge < -0.3 is 18.5 Å². The van der Waals surface area contributed by atoms with E-state index in [1.807, 2.05) is 54.0 Å². The van der Waals surface area contributed by atoms with Gasteiger partial charge in [-0.3, -0.25) is 0 Å². The van der Waals surface area contributed by atoms with Gasteiger partial charge >= 0.3 is 5.97 Å². The Balaban J connectivity index is 1.80. The van der Waals surface area contributed by atoms with Crippen molar-refractivity contribution in [3.05, 3.63) is 69.5 Å². The molecule has 2 heterocycles. The number of aromatic nitrogens is 3. The maximum absolute atomic E-state index is 12.7. The van der Waals surface area contributed by atoms with Crippen molar-refractivity contribution >= 4 is 40.7 Å². The number of halogens is 1. The third-order valence-corrected chi connectivity index (χ3v) is 5.01. The van der Waals surface area contributed by atoms with Gasteiger partial charge in [-0.05, 0) is 68.5 Å². The fourth-order valence-corrected chi connectivity index (χ4v) is 3.61. The maximum Gasteiger partial charge on any atom is 0.340 e. The lowest BCUT2D eigenvalue weighted by Crippen LogP contribution is -2.07. The van der Waals surface area contributed by atoms with Crippen LogP contribution in [0.1, 0.15) is 28.9 Å². The minimum atomic E-state index is -0.386. The Morgan fingerprint density at radius 3 is 2.70 bits per heavy atom. The minimum Gasteiger partial charge on any atom is -0.484 e. The van der Waals surface area contributed by atoms with E-state index in [-0.39, 0.29) is 24.0 Å². The highest BCUT2D eigenvalue weighted by Crippen LogP contribution is 2.33. The first kappa shape index (κ1) is 20.2. The van der Waals surface area contributed by atoms with E-state index in [1.165, 1.54) is 0 Å². The molecule has 0 atom stereocenters. The van der Waals surface area contributed by atoms with Crippen LogP contribution in [0.4, 0.5) is 0 Å². The molecular weight excluding hydrogens is 426 g/mol. The van der Waals surface area contributed by atoms with Gasteiger partial charge in [0, 0.05) is 21.8 Å². The van der Waals surface area contributed by atoms with Crippen LogP contribution in [-0.2, 0) is 11.3 Å². The molecule has 0 bridgehead atoms. The van der Waals surface area contributed by atoms with Gasteiger partial charge in [-0.25, -0.2) is 9.89 Å². The Kier molecular flexibility index (Phi) is 5.61. The smallest absolute Gasteiger partial charge is 0.340 e. The lowest BCUT2D eigenvalue weighted by molar-refractivity contribution is 0.0527. The molecule has 0 amide bonds. The summed E-state index contributed by atoms with van der Waals surface area (Å²) in [7, 11) is 0. The van der Waals surface area contributed by atoms with E-state index in [0.29, 0.717) is 22.2 Å². The zero-order valence-electron chi connectivity index (χ0n) is 16.3. The second kappa shape index (κ2) is 8.33. The Hall–Kier alpha value is -3.10. The lowest BCUT2D eigenvalue weighted by Gasteiger charge is -2.09. The predicted octanol–water partition coefficient (Wildman–Crippen LogP) is 5.39. The van der Waals surface area contributed by atoms with Crippen LogP contribution in [0.25, 0.3) is 16.6 Å². The summed E-state index contributed by atoms with van der Waals surface area (Å²) in [5.41, 5.74) is 2.99. The minimum absolute atomic E-state index is 0.101. The van der Waals surface area contributed by atoms with Crippen LogP contribution in [-0.4, -0.2) is 27.3 Å². The Bertz CT molecular complexity index is 1270. The van der Waals surface area contributed by atoms with Crippen LogP contribution in [0.15, 0.2) is 46.9 Å². The van der Waals surface area contributed by atoms with Crippen LogP contribution >= 0.6 is 23.8 Å². The SMILES string of the molecule is CCOC(=O)c1c(C)n(-c2ccc(Cl)cc2)c2ccc(OCc3n[nH]c(=S)o3)cc12. The van der Waals surface area contributed by atoms with E-state index in [1.54, 1.807) is 6.92 Å². The van der Waals surface area contributed by atoms with E-state index < -0.39 is 0 Å². The molecule has 0 aliphatic rings. The third kappa shape index (κ3) is 3.83. The molecule has 154 valence electrons. The Labute approximate surface area is 182 Å². The standard InChI is InChI=1S/C21H18ClN3O4S/c1-3-27-20(26)19-12(2)25(14-6-4-13(22)5-7-14)17-9-8-15(10-16(17)19)28-11-18-23-24-21(30)29-18/h4-10H,3,11H2,1-2H3,(H,24,30). The van der Waals surface area contributed by atoms with Gasteiger partial charge in [-0.2, -0.15) is 0 Å². The van der Waals surface area contributed by atoms with Gasteiger partial charge in [0.15, 0.2) is 6.61 Å². The summed E-state index contributed by atoms with van der Waals surface area (Å²) in [6.45, 7) is 4.05. The molecular formula is C21H18ClN3O4S. The molecule has 30 heavy (non-hydrogen) atoms. The summed E-state index contributed by atoms with van der Waals surface area (Å²) in [6, 6.07) is 13.0. The highest BCUT2D eigenvalue weighted by atomic mass is 35.5. The van der Waals surface area contributed by atoms with Gasteiger partial charge in [0.1, 0.15) is 5.75 Å². The van der Waals surface area contributed by atoms with Crippen molar-refractivity contribution in [2.45, 2.75) is 20.5 Å². The number of benzene rings is 2. The first-order valence-electron chi connectivity index (χ1n) is 9.23. The molecule has 0 unspecified atom stereocenters. The maximum atomic E-state index is 12.7. The fraction of sp³-hybridized carbons (Fsp3) is 0.190. The zero-order valence-corrected chi connectivity index (χ0v) is 17.8. The molecule has 1 N–H and O–H groups in total. The summed E-state index contributed by atoms with van der Waals surface area (Å²) in [4.78, 5) is 12.9. The summed E-state index contributed by atoms with van der Waals surface area (Å²) < 4.78 is 18.3. The molecule has 4 aromatic rings. The van der Waals surface area contributed by atoms with E-state index in [4.69, 9.17) is 37.7 Å². The number of esters is 1. The van der Waals surface area contributed by atoms with Crippen LogP contribution in [0, 0.1) is 11.8 Å². The number of rotatable bonds is 6. The second-order valence-corrected chi connectivity index (χ2v) is 7.27. The molecule has 2 aromatic heterocycles. The average Bonchev–Trinajstić information content (AvgIpc) is 3.27. The van der Waals surface area contributed by atoms with Crippen LogP contribution in [0.5, 0.6) is 5.75 Å². The zero-order chi connectivity index (χ0) is 21.3. The van der Waals surface area contributed by atoms with Crippen LogP contribution in [0.3, 0.4) is 0 Å². The van der Waals surface area contributed by atoms with E-state index in [0.717, 1.165) is 22.3 Å². The van der Waals surface area contributed by atoms with E-state index >= 15 is 0 Å². The molecule has 0 fully saturated rings. The molecule has 0 spiro atoms. The van der Waals surface area contributed by atoms with Crippen molar-refractivity contribution in [3.8, 4) is 11.4 Å². The number of nitrogens with zero attached hydrogens (tertiary/aromatic N) is 2. The van der Waals surface area contributed by atoms with Crippen LogP contribution in [0.2, 0.25) is 5.02 Å². The average molecular weight is 444 g/mol. The second-order valence-electron chi connectivity index (χ2n) is 6.47. The first-order valence-corrected chi connectivity index (χ1v) is 10.0. The first-order chi connectivity index (χ1) is 14.5. The topological polar surface area (TPSA) is 82.3 Å². The number of carbonyl (C=O) groups excluding carboxylic acids is 1. The number of hydrogen-bond donors (Lipinski definition) is 1. The molecule has 0 aliphatic heterocycles. The summed E-state index contributed by atoms with van der Waals surface area (Å²) in [6.07, 6.45) is 0. The third-order valence-electron chi connectivity index (χ3n) is 4.58. The van der Waals surface area contributed by atoms with Crippen molar-refractivity contribution in [2.75, 3.05) is 6.61 Å².